The molecule has 2 amide bonds. The van der Waals surface area contributed by atoms with Crippen molar-refractivity contribution in [1.82, 2.24) is 10.2 Å². The van der Waals surface area contributed by atoms with E-state index in [1.54, 1.807) is 0 Å². The first-order valence-electron chi connectivity index (χ1n) is 8.55. The van der Waals surface area contributed by atoms with Gasteiger partial charge in [-0.15, -0.1) is 0 Å². The van der Waals surface area contributed by atoms with E-state index in [4.69, 9.17) is 0 Å². The van der Waals surface area contributed by atoms with Crippen LogP contribution in [0.4, 0.5) is 0 Å². The van der Waals surface area contributed by atoms with Gasteiger partial charge in [0.1, 0.15) is 0 Å². The summed E-state index contributed by atoms with van der Waals surface area (Å²) in [5.41, 5.74) is 1.77. The normalized spacial score (nSPS) is 20.5. The summed E-state index contributed by atoms with van der Waals surface area (Å²) in [6.45, 7) is 2.26. The Labute approximate surface area is 137 Å². The number of hydrogen-bond donors (Lipinski definition) is 1. The van der Waals surface area contributed by atoms with E-state index in [1.165, 1.54) is 0 Å². The molecule has 1 saturated heterocycles. The lowest BCUT2D eigenvalue weighted by Crippen LogP contribution is -2.30. The molecule has 4 heteroatoms. The number of carbonyl (C=O) groups is 2. The molecular formula is C19H24N2O2. The Bertz CT molecular complexity index is 586. The second kappa shape index (κ2) is 7.44. The van der Waals surface area contributed by atoms with Crippen LogP contribution in [0.25, 0.3) is 0 Å². The van der Waals surface area contributed by atoms with Crippen molar-refractivity contribution in [2.24, 2.45) is 5.92 Å². The van der Waals surface area contributed by atoms with Crippen molar-refractivity contribution in [3.05, 3.63) is 47.5 Å². The van der Waals surface area contributed by atoms with Gasteiger partial charge in [0.25, 0.3) is 5.91 Å². The maximum Gasteiger partial charge on any atom is 0.253 e. The van der Waals surface area contributed by atoms with Gasteiger partial charge in [0.15, 0.2) is 0 Å². The third-order valence-corrected chi connectivity index (χ3v) is 4.70. The van der Waals surface area contributed by atoms with Crippen LogP contribution in [0.5, 0.6) is 0 Å². The third-order valence-electron chi connectivity index (χ3n) is 4.70. The van der Waals surface area contributed by atoms with Gasteiger partial charge in [0.2, 0.25) is 5.91 Å². The number of benzene rings is 1. The zero-order chi connectivity index (χ0) is 16.1. The molecule has 1 heterocycles. The van der Waals surface area contributed by atoms with Crippen LogP contribution >= 0.6 is 0 Å². The van der Waals surface area contributed by atoms with E-state index in [2.05, 4.69) is 17.5 Å². The number of amides is 2. The van der Waals surface area contributed by atoms with Crippen LogP contribution in [-0.2, 0) is 11.3 Å². The minimum atomic E-state index is 0.107. The van der Waals surface area contributed by atoms with E-state index in [-0.39, 0.29) is 17.7 Å². The van der Waals surface area contributed by atoms with Crippen LogP contribution in [-0.4, -0.2) is 29.8 Å². The highest BCUT2D eigenvalue weighted by molar-refractivity contribution is 5.94. The number of nitrogens with one attached hydrogen (secondary N) is 1. The van der Waals surface area contributed by atoms with Gasteiger partial charge in [-0.1, -0.05) is 24.3 Å². The fourth-order valence-electron chi connectivity index (χ4n) is 3.23. The molecule has 0 saturated carbocycles. The Morgan fingerprint density at radius 2 is 1.83 bits per heavy atom. The molecule has 1 aliphatic heterocycles. The molecule has 1 aromatic carbocycles. The Morgan fingerprint density at radius 3 is 2.48 bits per heavy atom. The smallest absolute Gasteiger partial charge is 0.253 e. The minimum absolute atomic E-state index is 0.107. The van der Waals surface area contributed by atoms with Crippen LogP contribution in [0.2, 0.25) is 0 Å². The summed E-state index contributed by atoms with van der Waals surface area (Å²) in [6, 6.07) is 7.60. The predicted molar refractivity (Wildman–Crippen MR) is 89.9 cm³/mol. The molecule has 1 aliphatic carbocycles. The monoisotopic (exact) mass is 312 g/mol. The zero-order valence-electron chi connectivity index (χ0n) is 13.5. The highest BCUT2D eigenvalue weighted by atomic mass is 16.2. The molecule has 3 rings (SSSR count). The lowest BCUT2D eigenvalue weighted by Gasteiger charge is -2.17. The second-order valence-electron chi connectivity index (χ2n) is 6.40. The maximum absolute atomic E-state index is 12.3. The van der Waals surface area contributed by atoms with E-state index in [0.29, 0.717) is 6.54 Å². The fourth-order valence-corrected chi connectivity index (χ4v) is 3.23. The van der Waals surface area contributed by atoms with Gasteiger partial charge in [-0.25, -0.2) is 0 Å². The first kappa shape index (κ1) is 15.8. The first-order valence-corrected chi connectivity index (χ1v) is 8.55. The Morgan fingerprint density at radius 1 is 1.09 bits per heavy atom. The SMILES string of the molecule is O=C(NCc1ccc(C(=O)N2CCCC2)cc1)C1CC=CCC1. The van der Waals surface area contributed by atoms with Crippen LogP contribution in [0.1, 0.15) is 48.0 Å². The number of likely N-dealkylation sites (tertiary alicyclic amines) is 1. The van der Waals surface area contributed by atoms with Crippen LogP contribution in [0.15, 0.2) is 36.4 Å². The number of nitrogens with zero attached hydrogens (tertiary/aromatic N) is 1. The van der Waals surface area contributed by atoms with Crippen LogP contribution in [0.3, 0.4) is 0 Å². The lowest BCUT2D eigenvalue weighted by atomic mass is 9.93. The largest absolute Gasteiger partial charge is 0.352 e. The van der Waals surface area contributed by atoms with Gasteiger partial charge < -0.3 is 10.2 Å². The predicted octanol–water partition coefficient (Wildman–Crippen LogP) is 2.90. The van der Waals surface area contributed by atoms with Crippen molar-refractivity contribution in [3.63, 3.8) is 0 Å². The van der Waals surface area contributed by atoms with Gasteiger partial charge in [-0.2, -0.15) is 0 Å². The number of hydrogen-bond acceptors (Lipinski definition) is 2. The van der Waals surface area contributed by atoms with Crippen LogP contribution in [0, 0.1) is 5.92 Å². The van der Waals surface area contributed by atoms with E-state index >= 15 is 0 Å². The quantitative estimate of drug-likeness (QED) is 0.869. The molecule has 0 aromatic heterocycles. The summed E-state index contributed by atoms with van der Waals surface area (Å²) in [4.78, 5) is 26.3. The average molecular weight is 312 g/mol. The van der Waals surface area contributed by atoms with Crippen LogP contribution < -0.4 is 5.32 Å². The van der Waals surface area contributed by atoms with E-state index in [0.717, 1.165) is 56.3 Å². The molecule has 1 N–H and O–H groups in total. The highest BCUT2D eigenvalue weighted by Crippen LogP contribution is 2.18. The molecule has 0 radical (unpaired) electrons. The van der Waals surface area contributed by atoms with Gasteiger partial charge in [0, 0.05) is 31.1 Å². The Hall–Kier alpha value is -2.10. The molecule has 122 valence electrons. The molecule has 4 nitrogen and oxygen atoms in total. The maximum atomic E-state index is 12.3. The van der Waals surface area contributed by atoms with Crippen molar-refractivity contribution in [1.29, 1.82) is 0 Å². The number of allylic oxidation sites excluding steroid dienone is 2. The molecule has 23 heavy (non-hydrogen) atoms. The summed E-state index contributed by atoms with van der Waals surface area (Å²) in [5.74, 6) is 0.356. The minimum Gasteiger partial charge on any atom is -0.352 e. The van der Waals surface area contributed by atoms with Crippen molar-refractivity contribution in [2.45, 2.75) is 38.6 Å². The molecular weight excluding hydrogens is 288 g/mol. The van der Waals surface area contributed by atoms with Crippen molar-refractivity contribution < 1.29 is 9.59 Å². The van der Waals surface area contributed by atoms with Gasteiger partial charge in [0.05, 0.1) is 0 Å². The standard InChI is InChI=1S/C19H24N2O2/c22-18(16-6-2-1-3-7-16)20-14-15-8-10-17(11-9-15)19(23)21-12-4-5-13-21/h1-2,8-11,16H,3-7,12-14H2,(H,20,22). The van der Waals surface area contributed by atoms with Crippen molar-refractivity contribution in [3.8, 4) is 0 Å². The van der Waals surface area contributed by atoms with Gasteiger partial charge in [-0.05, 0) is 49.8 Å². The fraction of sp³-hybridized carbons (Fsp3) is 0.474. The summed E-state index contributed by atoms with van der Waals surface area (Å²) < 4.78 is 0. The first-order chi connectivity index (χ1) is 11.2. The Balaban J connectivity index is 1.52. The summed E-state index contributed by atoms with van der Waals surface area (Å²) in [7, 11) is 0. The van der Waals surface area contributed by atoms with E-state index in [1.807, 2.05) is 29.2 Å². The van der Waals surface area contributed by atoms with Gasteiger partial charge >= 0.3 is 0 Å². The zero-order valence-corrected chi connectivity index (χ0v) is 13.5. The van der Waals surface area contributed by atoms with E-state index in [9.17, 15) is 9.59 Å². The topological polar surface area (TPSA) is 49.4 Å². The number of carbonyl (C=O) groups excluding carboxylic acids is 2. The van der Waals surface area contributed by atoms with E-state index < -0.39 is 0 Å². The van der Waals surface area contributed by atoms with Crippen molar-refractivity contribution >= 4 is 11.8 Å². The van der Waals surface area contributed by atoms with Gasteiger partial charge in [-0.3, -0.25) is 9.59 Å². The third kappa shape index (κ3) is 4.01. The molecule has 0 bridgehead atoms. The molecule has 1 fully saturated rings. The Kier molecular flexibility index (Phi) is 5.11. The molecule has 0 spiro atoms. The molecule has 1 aromatic rings. The lowest BCUT2D eigenvalue weighted by molar-refractivity contribution is -0.125. The summed E-state index contributed by atoms with van der Waals surface area (Å²) in [5, 5.41) is 3.00. The van der Waals surface area contributed by atoms with Crippen molar-refractivity contribution in [2.75, 3.05) is 13.1 Å². The molecule has 1 atom stereocenters. The molecule has 1 unspecified atom stereocenters. The highest BCUT2D eigenvalue weighted by Gasteiger charge is 2.20. The summed E-state index contributed by atoms with van der Waals surface area (Å²) >= 11 is 0. The average Bonchev–Trinajstić information content (AvgIpc) is 3.15. The second-order valence-corrected chi connectivity index (χ2v) is 6.40. The number of rotatable bonds is 4. The summed E-state index contributed by atoms with van der Waals surface area (Å²) in [6.07, 6.45) is 9.21. The molecule has 2 aliphatic rings.